The molecule has 25 heavy (non-hydrogen) atoms. The maximum Gasteiger partial charge on any atom is 0.317 e. The number of hydrogen-bond acceptors (Lipinski definition) is 4. The van der Waals surface area contributed by atoms with E-state index in [9.17, 15) is 4.79 Å². The molecule has 0 atom stereocenters. The topological polar surface area (TPSA) is 65.8 Å². The number of likely N-dealkylation sites (tertiary alicyclic amines) is 1. The number of urea groups is 1. The van der Waals surface area contributed by atoms with Gasteiger partial charge in [-0.25, -0.2) is 4.79 Å². The average molecular weight is 344 g/mol. The van der Waals surface area contributed by atoms with Crippen LogP contribution in [0.5, 0.6) is 0 Å². The van der Waals surface area contributed by atoms with Crippen molar-refractivity contribution in [1.82, 2.24) is 29.7 Å². The van der Waals surface area contributed by atoms with Gasteiger partial charge in [-0.15, -0.1) is 10.2 Å². The number of hydrogen-bond donors (Lipinski definition) is 1. The molecule has 7 heteroatoms. The van der Waals surface area contributed by atoms with Gasteiger partial charge in [0.15, 0.2) is 5.65 Å². The predicted molar refractivity (Wildman–Crippen MR) is 97.7 cm³/mol. The van der Waals surface area contributed by atoms with Crippen LogP contribution in [0.2, 0.25) is 0 Å². The summed E-state index contributed by atoms with van der Waals surface area (Å²) in [6.07, 6.45) is 3.87. The highest BCUT2D eigenvalue weighted by molar-refractivity contribution is 5.74. The molecule has 1 N–H and O–H groups in total. The molecule has 7 nitrogen and oxygen atoms in total. The van der Waals surface area contributed by atoms with E-state index in [4.69, 9.17) is 0 Å². The molecule has 0 spiro atoms. The van der Waals surface area contributed by atoms with Crippen LogP contribution in [-0.4, -0.2) is 69.7 Å². The van der Waals surface area contributed by atoms with Gasteiger partial charge >= 0.3 is 6.03 Å². The smallest absolute Gasteiger partial charge is 0.317 e. The molecule has 136 valence electrons. The third-order valence-electron chi connectivity index (χ3n) is 5.09. The van der Waals surface area contributed by atoms with Gasteiger partial charge in [-0.3, -0.25) is 4.40 Å². The first-order valence-electron chi connectivity index (χ1n) is 9.27. The highest BCUT2D eigenvalue weighted by Crippen LogP contribution is 2.26. The van der Waals surface area contributed by atoms with Crippen LogP contribution in [0.1, 0.15) is 38.4 Å². The van der Waals surface area contributed by atoms with Gasteiger partial charge in [-0.1, -0.05) is 19.9 Å². The van der Waals surface area contributed by atoms with Crippen LogP contribution >= 0.6 is 0 Å². The minimum atomic E-state index is 0.0525. The quantitative estimate of drug-likeness (QED) is 0.870. The number of rotatable bonds is 6. The lowest BCUT2D eigenvalue weighted by molar-refractivity contribution is 0.178. The van der Waals surface area contributed by atoms with E-state index in [-0.39, 0.29) is 6.03 Å². The van der Waals surface area contributed by atoms with Crippen molar-refractivity contribution in [2.45, 2.75) is 32.6 Å². The number of carbonyl (C=O) groups excluding carboxylic acids is 1. The van der Waals surface area contributed by atoms with Crippen molar-refractivity contribution in [3.05, 3.63) is 30.2 Å². The van der Waals surface area contributed by atoms with E-state index >= 15 is 0 Å². The fourth-order valence-corrected chi connectivity index (χ4v) is 3.45. The molecule has 1 fully saturated rings. The molecule has 1 saturated heterocycles. The molecule has 1 aliphatic heterocycles. The summed E-state index contributed by atoms with van der Waals surface area (Å²) in [6, 6.07) is 5.99. The standard InChI is InChI=1S/C18H28N6O/c1-3-22(4-2)14-10-19-18(25)23-12-8-15(9-13-23)17-21-20-16-7-5-6-11-24(16)17/h5-7,11,15H,3-4,8-10,12-14H2,1-2H3,(H,19,25). The lowest BCUT2D eigenvalue weighted by Crippen LogP contribution is -2.46. The second-order valence-corrected chi connectivity index (χ2v) is 6.51. The number of likely N-dealkylation sites (N-methyl/N-ethyl adjacent to an activating group) is 1. The summed E-state index contributed by atoms with van der Waals surface area (Å²) in [4.78, 5) is 16.6. The minimum absolute atomic E-state index is 0.0525. The van der Waals surface area contributed by atoms with Crippen molar-refractivity contribution in [2.75, 3.05) is 39.3 Å². The normalized spacial score (nSPS) is 15.9. The summed E-state index contributed by atoms with van der Waals surface area (Å²) in [7, 11) is 0. The number of nitrogens with zero attached hydrogens (tertiary/aromatic N) is 5. The Morgan fingerprint density at radius 2 is 2.00 bits per heavy atom. The third kappa shape index (κ3) is 4.10. The van der Waals surface area contributed by atoms with Crippen LogP contribution in [0.15, 0.2) is 24.4 Å². The molecule has 0 radical (unpaired) electrons. The summed E-state index contributed by atoms with van der Waals surface area (Å²) in [5, 5.41) is 11.6. The largest absolute Gasteiger partial charge is 0.337 e. The van der Waals surface area contributed by atoms with Crippen molar-refractivity contribution >= 4 is 11.7 Å². The Morgan fingerprint density at radius 3 is 2.72 bits per heavy atom. The van der Waals surface area contributed by atoms with E-state index in [1.165, 1.54) is 0 Å². The molecule has 0 bridgehead atoms. The number of fused-ring (bicyclic) bond motifs is 1. The van der Waals surface area contributed by atoms with Gasteiger partial charge in [0.25, 0.3) is 0 Å². The first-order valence-corrected chi connectivity index (χ1v) is 9.27. The van der Waals surface area contributed by atoms with Crippen LogP contribution in [0.3, 0.4) is 0 Å². The van der Waals surface area contributed by atoms with E-state index in [1.54, 1.807) is 0 Å². The molecule has 0 aromatic carbocycles. The van der Waals surface area contributed by atoms with Crippen LogP contribution < -0.4 is 5.32 Å². The van der Waals surface area contributed by atoms with Crippen LogP contribution in [-0.2, 0) is 0 Å². The summed E-state index contributed by atoms with van der Waals surface area (Å²) >= 11 is 0. The molecular weight excluding hydrogens is 316 g/mol. The van der Waals surface area contributed by atoms with Crippen molar-refractivity contribution < 1.29 is 4.79 Å². The minimum Gasteiger partial charge on any atom is -0.337 e. The van der Waals surface area contributed by atoms with Gasteiger partial charge in [0.2, 0.25) is 0 Å². The zero-order valence-corrected chi connectivity index (χ0v) is 15.2. The number of amides is 2. The van der Waals surface area contributed by atoms with Gasteiger partial charge in [-0.05, 0) is 38.1 Å². The summed E-state index contributed by atoms with van der Waals surface area (Å²) in [5.74, 6) is 1.37. The molecule has 1 aliphatic rings. The van der Waals surface area contributed by atoms with Crippen LogP contribution in [0, 0.1) is 0 Å². The average Bonchev–Trinajstić information content (AvgIpc) is 3.09. The molecule has 0 aliphatic carbocycles. The van der Waals surface area contributed by atoms with Gasteiger partial charge in [0.05, 0.1) is 0 Å². The SMILES string of the molecule is CCN(CC)CCNC(=O)N1CCC(c2nnc3ccccn23)CC1. The fraction of sp³-hybridized carbons (Fsp3) is 0.611. The zero-order chi connectivity index (χ0) is 17.6. The van der Waals surface area contributed by atoms with Crippen molar-refractivity contribution in [3.63, 3.8) is 0 Å². The van der Waals surface area contributed by atoms with Crippen LogP contribution in [0.25, 0.3) is 5.65 Å². The maximum atomic E-state index is 12.3. The number of carbonyl (C=O) groups is 1. The Kier molecular flexibility index (Phi) is 5.86. The van der Waals surface area contributed by atoms with Gasteiger partial charge in [0.1, 0.15) is 5.82 Å². The van der Waals surface area contributed by atoms with E-state index < -0.39 is 0 Å². The monoisotopic (exact) mass is 344 g/mol. The van der Waals surface area contributed by atoms with E-state index in [0.717, 1.165) is 57.0 Å². The first-order chi connectivity index (χ1) is 12.2. The second kappa shape index (κ2) is 8.29. The van der Waals surface area contributed by atoms with Gasteiger partial charge in [0, 0.05) is 38.3 Å². The molecule has 2 amide bonds. The first kappa shape index (κ1) is 17.7. The van der Waals surface area contributed by atoms with E-state index in [2.05, 4.69) is 38.7 Å². The number of piperidine rings is 1. The highest BCUT2D eigenvalue weighted by atomic mass is 16.2. The number of nitrogens with one attached hydrogen (secondary N) is 1. The lowest BCUT2D eigenvalue weighted by Gasteiger charge is -2.31. The molecular formula is C18H28N6O. The molecule has 2 aromatic rings. The summed E-state index contributed by atoms with van der Waals surface area (Å²) < 4.78 is 2.06. The van der Waals surface area contributed by atoms with E-state index in [0.29, 0.717) is 12.5 Å². The molecule has 0 saturated carbocycles. The van der Waals surface area contributed by atoms with Gasteiger partial charge in [-0.2, -0.15) is 0 Å². The summed E-state index contributed by atoms with van der Waals surface area (Å²) in [5.41, 5.74) is 0.883. The molecule has 0 unspecified atom stereocenters. The lowest BCUT2D eigenvalue weighted by atomic mass is 9.96. The summed E-state index contributed by atoms with van der Waals surface area (Å²) in [6.45, 7) is 9.46. The number of pyridine rings is 1. The Labute approximate surface area is 149 Å². The predicted octanol–water partition coefficient (Wildman–Crippen LogP) is 1.96. The van der Waals surface area contributed by atoms with E-state index in [1.807, 2.05) is 29.3 Å². The second-order valence-electron chi connectivity index (χ2n) is 6.51. The Bertz CT molecular complexity index is 688. The van der Waals surface area contributed by atoms with Crippen LogP contribution in [0.4, 0.5) is 4.79 Å². The Hall–Kier alpha value is -2.15. The highest BCUT2D eigenvalue weighted by Gasteiger charge is 2.26. The fourth-order valence-electron chi connectivity index (χ4n) is 3.45. The Morgan fingerprint density at radius 1 is 1.24 bits per heavy atom. The third-order valence-corrected chi connectivity index (χ3v) is 5.09. The molecule has 2 aromatic heterocycles. The van der Waals surface area contributed by atoms with Crippen molar-refractivity contribution in [3.8, 4) is 0 Å². The van der Waals surface area contributed by atoms with Crippen molar-refractivity contribution in [1.29, 1.82) is 0 Å². The number of aromatic nitrogens is 3. The molecule has 3 heterocycles. The van der Waals surface area contributed by atoms with Crippen molar-refractivity contribution in [2.24, 2.45) is 0 Å². The molecule has 3 rings (SSSR count). The Balaban J connectivity index is 1.49. The maximum absolute atomic E-state index is 12.3. The van der Waals surface area contributed by atoms with Gasteiger partial charge < -0.3 is 15.1 Å². The zero-order valence-electron chi connectivity index (χ0n) is 15.2.